The largest absolute Gasteiger partial charge is 0.389 e. The molecule has 0 radical (unpaired) electrons. The fourth-order valence-corrected chi connectivity index (χ4v) is 7.71. The van der Waals surface area contributed by atoms with Crippen molar-refractivity contribution in [2.75, 3.05) is 0 Å². The molecule has 0 spiro atoms. The second-order valence-electron chi connectivity index (χ2n) is 9.98. The van der Waals surface area contributed by atoms with Crippen LogP contribution in [0, 0.1) is 40.4 Å². The van der Waals surface area contributed by atoms with Gasteiger partial charge in [-0.15, -0.1) is 0 Å². The van der Waals surface area contributed by atoms with Gasteiger partial charge < -0.3 is 5.11 Å². The number of hydrogen-bond donors (Lipinski definition) is 1. The van der Waals surface area contributed by atoms with Crippen LogP contribution in [-0.4, -0.2) is 17.0 Å². The highest BCUT2D eigenvalue weighted by Gasteiger charge is 2.59. The van der Waals surface area contributed by atoms with Crippen molar-refractivity contribution in [3.63, 3.8) is 0 Å². The third kappa shape index (κ3) is 2.14. The molecule has 8 atom stereocenters. The summed E-state index contributed by atoms with van der Waals surface area (Å²) in [6.07, 6.45) is 10.4. The number of allylic oxidation sites excluding steroid dienone is 1. The summed E-state index contributed by atoms with van der Waals surface area (Å²) < 4.78 is 0. The van der Waals surface area contributed by atoms with Crippen molar-refractivity contribution in [2.45, 2.75) is 78.7 Å². The number of carbonyl (C=O) groups excluding carboxylic acids is 1. The van der Waals surface area contributed by atoms with Crippen molar-refractivity contribution in [1.82, 2.24) is 0 Å². The van der Waals surface area contributed by atoms with Crippen molar-refractivity contribution < 1.29 is 9.90 Å². The molecule has 4 aliphatic rings. The smallest absolute Gasteiger partial charge is 0.133 e. The number of Topliss-reactive ketones (excluding diaryl/α,β-unsaturated/α-hetero) is 1. The molecule has 3 fully saturated rings. The molecule has 4 aliphatic carbocycles. The Morgan fingerprint density at radius 2 is 1.92 bits per heavy atom. The average Bonchev–Trinajstić information content (AvgIpc) is 2.86. The molecule has 0 aromatic rings. The van der Waals surface area contributed by atoms with E-state index < -0.39 is 0 Å². The third-order valence-electron chi connectivity index (χ3n) is 8.93. The number of rotatable bonds is 1. The van der Waals surface area contributed by atoms with Gasteiger partial charge in [0.1, 0.15) is 5.78 Å². The standard InChI is InChI=1S/C22H34O2/c1-13-12-22(4)15(11-20(13)24)5-6-16-18-8-7-17(14(2)23)21(18,3)10-9-19(16)22/h11,13,16-20,24H,5-10,12H2,1-4H3/t13?,16-,17+,18-,19-,20?,21+,22-/m0/s1. The van der Waals surface area contributed by atoms with E-state index in [1.807, 2.05) is 6.92 Å². The first-order chi connectivity index (χ1) is 11.3. The maximum Gasteiger partial charge on any atom is 0.133 e. The van der Waals surface area contributed by atoms with Gasteiger partial charge in [-0.2, -0.15) is 0 Å². The van der Waals surface area contributed by atoms with E-state index in [-0.39, 0.29) is 16.9 Å². The zero-order valence-electron chi connectivity index (χ0n) is 15.8. The normalized spacial score (nSPS) is 53.6. The van der Waals surface area contributed by atoms with E-state index >= 15 is 0 Å². The Morgan fingerprint density at radius 1 is 1.17 bits per heavy atom. The highest BCUT2D eigenvalue weighted by molar-refractivity contribution is 5.79. The van der Waals surface area contributed by atoms with Crippen LogP contribution in [0.3, 0.4) is 0 Å². The van der Waals surface area contributed by atoms with E-state index in [0.717, 1.165) is 30.6 Å². The Kier molecular flexibility index (Phi) is 3.81. The van der Waals surface area contributed by atoms with Crippen LogP contribution in [0.1, 0.15) is 72.6 Å². The second kappa shape index (κ2) is 5.43. The molecule has 1 N–H and O–H groups in total. The van der Waals surface area contributed by atoms with Crippen molar-refractivity contribution in [3.8, 4) is 0 Å². The molecule has 0 amide bonds. The van der Waals surface area contributed by atoms with Gasteiger partial charge in [-0.1, -0.05) is 32.4 Å². The van der Waals surface area contributed by atoms with Crippen LogP contribution >= 0.6 is 0 Å². The van der Waals surface area contributed by atoms with Gasteiger partial charge in [0.15, 0.2) is 0 Å². The quantitative estimate of drug-likeness (QED) is 0.704. The van der Waals surface area contributed by atoms with E-state index in [9.17, 15) is 9.90 Å². The van der Waals surface area contributed by atoms with Crippen LogP contribution in [0.15, 0.2) is 11.6 Å². The molecule has 0 aliphatic heterocycles. The lowest BCUT2D eigenvalue weighted by atomic mass is 9.46. The zero-order valence-corrected chi connectivity index (χ0v) is 15.8. The first kappa shape index (κ1) is 16.8. The van der Waals surface area contributed by atoms with Gasteiger partial charge >= 0.3 is 0 Å². The Balaban J connectivity index is 1.67. The van der Waals surface area contributed by atoms with Crippen LogP contribution in [0.5, 0.6) is 0 Å². The van der Waals surface area contributed by atoms with E-state index in [4.69, 9.17) is 0 Å². The fourth-order valence-electron chi connectivity index (χ4n) is 7.71. The number of aliphatic hydroxyl groups excluding tert-OH is 1. The molecular formula is C22H34O2. The predicted octanol–water partition coefficient (Wildman–Crippen LogP) is 4.76. The predicted molar refractivity (Wildman–Crippen MR) is 96.4 cm³/mol. The maximum atomic E-state index is 12.2. The fraction of sp³-hybridized carbons (Fsp3) is 0.864. The summed E-state index contributed by atoms with van der Waals surface area (Å²) in [7, 11) is 0. The molecule has 134 valence electrons. The van der Waals surface area contributed by atoms with E-state index in [0.29, 0.717) is 17.6 Å². The highest BCUT2D eigenvalue weighted by Crippen LogP contribution is 2.67. The first-order valence-corrected chi connectivity index (χ1v) is 10.2. The molecule has 3 saturated carbocycles. The van der Waals surface area contributed by atoms with Crippen LogP contribution in [-0.2, 0) is 4.79 Å². The third-order valence-corrected chi connectivity index (χ3v) is 8.93. The van der Waals surface area contributed by atoms with E-state index in [1.54, 1.807) is 5.57 Å². The van der Waals surface area contributed by atoms with Gasteiger partial charge in [0.05, 0.1) is 6.10 Å². The average molecular weight is 331 g/mol. The SMILES string of the molecule is CC(=O)[C@H]1CC[C@H]2[C@@H]3CCC4=CC(O)C(C)C[C@]4(C)[C@H]3CC[C@]12C. The molecule has 0 saturated heterocycles. The minimum absolute atomic E-state index is 0.243. The molecule has 0 aromatic carbocycles. The summed E-state index contributed by atoms with van der Waals surface area (Å²) >= 11 is 0. The summed E-state index contributed by atoms with van der Waals surface area (Å²) in [5, 5.41) is 10.3. The molecule has 24 heavy (non-hydrogen) atoms. The van der Waals surface area contributed by atoms with Gasteiger partial charge in [-0.05, 0) is 86.4 Å². The van der Waals surface area contributed by atoms with Crippen molar-refractivity contribution in [2.24, 2.45) is 40.4 Å². The van der Waals surface area contributed by atoms with Crippen LogP contribution < -0.4 is 0 Å². The van der Waals surface area contributed by atoms with Crippen molar-refractivity contribution in [3.05, 3.63) is 11.6 Å². The Hall–Kier alpha value is -0.630. The van der Waals surface area contributed by atoms with E-state index in [1.165, 1.54) is 32.1 Å². The van der Waals surface area contributed by atoms with Crippen molar-refractivity contribution >= 4 is 5.78 Å². The van der Waals surface area contributed by atoms with Gasteiger partial charge in [-0.25, -0.2) is 0 Å². The topological polar surface area (TPSA) is 37.3 Å². The Bertz CT molecular complexity index is 579. The molecule has 2 nitrogen and oxygen atoms in total. The highest BCUT2D eigenvalue weighted by atomic mass is 16.3. The maximum absolute atomic E-state index is 12.2. The molecule has 0 aromatic heterocycles. The summed E-state index contributed by atoms with van der Waals surface area (Å²) in [5.74, 6) is 3.40. The summed E-state index contributed by atoms with van der Waals surface area (Å²) in [6, 6.07) is 0. The molecule has 0 heterocycles. The Morgan fingerprint density at radius 3 is 2.62 bits per heavy atom. The van der Waals surface area contributed by atoms with E-state index in [2.05, 4.69) is 26.8 Å². The zero-order chi connectivity index (χ0) is 17.3. The molecular weight excluding hydrogens is 296 g/mol. The number of hydrogen-bond acceptors (Lipinski definition) is 2. The molecule has 4 rings (SSSR count). The van der Waals surface area contributed by atoms with Gasteiger partial charge in [0.2, 0.25) is 0 Å². The van der Waals surface area contributed by atoms with Crippen molar-refractivity contribution in [1.29, 1.82) is 0 Å². The van der Waals surface area contributed by atoms with Crippen LogP contribution in [0.4, 0.5) is 0 Å². The van der Waals surface area contributed by atoms with Gasteiger partial charge in [-0.3, -0.25) is 4.79 Å². The minimum Gasteiger partial charge on any atom is -0.389 e. The lowest BCUT2D eigenvalue weighted by molar-refractivity contribution is -0.128. The number of aliphatic hydroxyl groups is 1. The Labute approximate surface area is 147 Å². The summed E-state index contributed by atoms with van der Waals surface area (Å²) in [4.78, 5) is 12.2. The number of carbonyl (C=O) groups is 1. The summed E-state index contributed by atoms with van der Waals surface area (Å²) in [5.41, 5.74) is 2.08. The second-order valence-corrected chi connectivity index (χ2v) is 9.98. The van der Waals surface area contributed by atoms with Crippen LogP contribution in [0.25, 0.3) is 0 Å². The molecule has 0 bridgehead atoms. The number of ketones is 1. The first-order valence-electron chi connectivity index (χ1n) is 10.2. The molecule has 2 unspecified atom stereocenters. The summed E-state index contributed by atoms with van der Waals surface area (Å²) in [6.45, 7) is 8.94. The lowest BCUT2D eigenvalue weighted by Gasteiger charge is -2.59. The van der Waals surface area contributed by atoms with Gasteiger partial charge in [0.25, 0.3) is 0 Å². The molecule has 2 heteroatoms. The van der Waals surface area contributed by atoms with Gasteiger partial charge in [0, 0.05) is 5.92 Å². The minimum atomic E-state index is -0.243. The lowest BCUT2D eigenvalue weighted by Crippen LogP contribution is -2.52. The monoisotopic (exact) mass is 330 g/mol. The number of fused-ring (bicyclic) bond motifs is 5. The van der Waals surface area contributed by atoms with Crippen LogP contribution in [0.2, 0.25) is 0 Å².